The third-order valence-electron chi connectivity index (χ3n) is 4.15. The van der Waals surface area contributed by atoms with Gasteiger partial charge in [0.05, 0.1) is 12.4 Å². The van der Waals surface area contributed by atoms with E-state index < -0.39 is 0 Å². The summed E-state index contributed by atoms with van der Waals surface area (Å²) in [6.07, 6.45) is 9.99. The quantitative estimate of drug-likeness (QED) is 0.762. The highest BCUT2D eigenvalue weighted by Gasteiger charge is 2.25. The second kappa shape index (κ2) is 8.56. The summed E-state index contributed by atoms with van der Waals surface area (Å²) in [6.45, 7) is 4.58. The Balaban J connectivity index is 1.61. The number of pyridine rings is 1. The molecule has 0 aliphatic carbocycles. The van der Waals surface area contributed by atoms with Gasteiger partial charge in [-0.15, -0.1) is 0 Å². The Morgan fingerprint density at radius 3 is 3.00 bits per heavy atom. The molecular formula is C17H24N6O. The third-order valence-corrected chi connectivity index (χ3v) is 4.15. The lowest BCUT2D eigenvalue weighted by atomic mass is 10.1. The van der Waals surface area contributed by atoms with Crippen molar-refractivity contribution in [2.45, 2.75) is 25.6 Å². The van der Waals surface area contributed by atoms with Crippen LogP contribution >= 0.6 is 0 Å². The summed E-state index contributed by atoms with van der Waals surface area (Å²) in [4.78, 5) is 23.0. The monoisotopic (exact) mass is 328 g/mol. The molecule has 1 atom stereocenters. The second-order valence-electron chi connectivity index (χ2n) is 5.99. The molecule has 1 amide bonds. The van der Waals surface area contributed by atoms with Crippen LogP contribution < -0.4 is 10.6 Å². The number of carbonyl (C=O) groups is 1. The zero-order valence-electron chi connectivity index (χ0n) is 13.8. The molecule has 3 rings (SSSR count). The van der Waals surface area contributed by atoms with Gasteiger partial charge in [0.1, 0.15) is 0 Å². The van der Waals surface area contributed by atoms with E-state index in [1.165, 1.54) is 0 Å². The van der Waals surface area contributed by atoms with E-state index in [4.69, 9.17) is 0 Å². The Morgan fingerprint density at radius 2 is 2.29 bits per heavy atom. The Labute approximate surface area is 142 Å². The van der Waals surface area contributed by atoms with Crippen molar-refractivity contribution in [2.75, 3.05) is 26.2 Å². The van der Waals surface area contributed by atoms with Crippen molar-refractivity contribution < 1.29 is 4.79 Å². The van der Waals surface area contributed by atoms with Gasteiger partial charge in [-0.05, 0) is 18.1 Å². The van der Waals surface area contributed by atoms with Crippen molar-refractivity contribution in [3.8, 4) is 0 Å². The molecule has 2 aromatic heterocycles. The third kappa shape index (κ3) is 4.62. The lowest BCUT2D eigenvalue weighted by molar-refractivity contribution is -0.134. The Kier molecular flexibility index (Phi) is 5.92. The Bertz CT molecular complexity index is 609. The zero-order chi connectivity index (χ0) is 16.6. The second-order valence-corrected chi connectivity index (χ2v) is 5.99. The summed E-state index contributed by atoms with van der Waals surface area (Å²) in [7, 11) is 0. The normalized spacial score (nSPS) is 17.6. The molecule has 1 saturated heterocycles. The van der Waals surface area contributed by atoms with Crippen molar-refractivity contribution in [3.63, 3.8) is 0 Å². The number of hydrogen-bond acceptors (Lipinski definition) is 5. The predicted molar refractivity (Wildman–Crippen MR) is 91.2 cm³/mol. The van der Waals surface area contributed by atoms with E-state index in [2.05, 4.69) is 20.6 Å². The van der Waals surface area contributed by atoms with E-state index in [1.54, 1.807) is 18.7 Å². The van der Waals surface area contributed by atoms with Crippen LogP contribution in [-0.2, 0) is 17.9 Å². The molecule has 1 aliphatic heterocycles. The molecular weight excluding hydrogens is 304 g/mol. The molecule has 0 bridgehead atoms. The first-order chi connectivity index (χ1) is 11.8. The molecule has 24 heavy (non-hydrogen) atoms. The van der Waals surface area contributed by atoms with Crippen molar-refractivity contribution in [1.82, 2.24) is 30.1 Å². The van der Waals surface area contributed by atoms with Gasteiger partial charge < -0.3 is 20.1 Å². The van der Waals surface area contributed by atoms with Crippen molar-refractivity contribution in [2.24, 2.45) is 0 Å². The van der Waals surface area contributed by atoms with Gasteiger partial charge in [0.2, 0.25) is 5.91 Å². The fourth-order valence-electron chi connectivity index (χ4n) is 2.89. The minimum absolute atomic E-state index is 0.149. The van der Waals surface area contributed by atoms with E-state index in [0.717, 1.165) is 31.6 Å². The predicted octanol–water partition coefficient (Wildman–Crippen LogP) is 0.258. The molecule has 128 valence electrons. The summed E-state index contributed by atoms with van der Waals surface area (Å²) in [5.74, 6) is 0.150. The smallest absolute Gasteiger partial charge is 0.241 e. The number of nitrogens with zero attached hydrogens (tertiary/aromatic N) is 4. The number of aryl methyl sites for hydroxylation is 1. The minimum Gasteiger partial charge on any atom is -0.337 e. The molecule has 3 heterocycles. The standard InChI is InChI=1S/C17H24N6O/c24-17(16-12-19-5-6-21-16)23(13-15-3-1-4-18-11-15)9-2-8-22-10-7-20-14-22/h1,3-4,7,10-11,14,16,19,21H,2,5-6,8-9,12-13H2/t16-/m1/s1. The number of rotatable bonds is 7. The molecule has 1 fully saturated rings. The lowest BCUT2D eigenvalue weighted by Crippen LogP contribution is -2.56. The highest BCUT2D eigenvalue weighted by Crippen LogP contribution is 2.08. The summed E-state index contributed by atoms with van der Waals surface area (Å²) in [6, 6.07) is 3.77. The zero-order valence-corrected chi connectivity index (χ0v) is 13.8. The molecule has 2 aromatic rings. The average Bonchev–Trinajstić information content (AvgIpc) is 3.15. The number of hydrogen-bond donors (Lipinski definition) is 2. The number of piperazine rings is 1. The molecule has 1 aliphatic rings. The maximum atomic E-state index is 12.9. The summed E-state index contributed by atoms with van der Waals surface area (Å²) in [5, 5.41) is 6.58. The summed E-state index contributed by atoms with van der Waals surface area (Å²) < 4.78 is 2.03. The maximum Gasteiger partial charge on any atom is 0.241 e. The summed E-state index contributed by atoms with van der Waals surface area (Å²) in [5.41, 5.74) is 1.05. The van der Waals surface area contributed by atoms with Crippen LogP contribution in [0.3, 0.4) is 0 Å². The van der Waals surface area contributed by atoms with Gasteiger partial charge >= 0.3 is 0 Å². The van der Waals surface area contributed by atoms with Gasteiger partial charge in [-0.2, -0.15) is 0 Å². The largest absolute Gasteiger partial charge is 0.337 e. The molecule has 0 aromatic carbocycles. The number of imidazole rings is 1. The Morgan fingerprint density at radius 1 is 1.33 bits per heavy atom. The number of aromatic nitrogens is 3. The first kappa shape index (κ1) is 16.6. The van der Waals surface area contributed by atoms with E-state index in [9.17, 15) is 4.79 Å². The molecule has 0 saturated carbocycles. The Hall–Kier alpha value is -2.25. The molecule has 7 heteroatoms. The SMILES string of the molecule is O=C([C@H]1CNCCN1)N(CCCn1ccnc1)Cc1cccnc1. The van der Waals surface area contributed by atoms with Crippen LogP contribution in [0.1, 0.15) is 12.0 Å². The van der Waals surface area contributed by atoms with Crippen molar-refractivity contribution in [3.05, 3.63) is 48.8 Å². The van der Waals surface area contributed by atoms with Gasteiger partial charge in [0.15, 0.2) is 0 Å². The fourth-order valence-corrected chi connectivity index (χ4v) is 2.89. The number of carbonyl (C=O) groups excluding carboxylic acids is 1. The van der Waals surface area contributed by atoms with Gasteiger partial charge in [-0.25, -0.2) is 4.98 Å². The van der Waals surface area contributed by atoms with Gasteiger partial charge in [-0.3, -0.25) is 9.78 Å². The molecule has 0 spiro atoms. The van der Waals surface area contributed by atoms with E-state index in [1.807, 2.05) is 34.0 Å². The average molecular weight is 328 g/mol. The van der Waals surface area contributed by atoms with Crippen LogP contribution in [-0.4, -0.2) is 57.6 Å². The van der Waals surface area contributed by atoms with Crippen LogP contribution in [0.2, 0.25) is 0 Å². The van der Waals surface area contributed by atoms with Gasteiger partial charge in [-0.1, -0.05) is 6.07 Å². The lowest BCUT2D eigenvalue weighted by Gasteiger charge is -2.30. The van der Waals surface area contributed by atoms with Crippen LogP contribution in [0.5, 0.6) is 0 Å². The first-order valence-corrected chi connectivity index (χ1v) is 8.40. The van der Waals surface area contributed by atoms with E-state index in [0.29, 0.717) is 19.6 Å². The number of amides is 1. The number of nitrogens with one attached hydrogen (secondary N) is 2. The molecule has 0 radical (unpaired) electrons. The van der Waals surface area contributed by atoms with Crippen LogP contribution in [0.4, 0.5) is 0 Å². The highest BCUT2D eigenvalue weighted by atomic mass is 16.2. The highest BCUT2D eigenvalue weighted by molar-refractivity contribution is 5.82. The van der Waals surface area contributed by atoms with E-state index >= 15 is 0 Å². The topological polar surface area (TPSA) is 75.1 Å². The van der Waals surface area contributed by atoms with Gasteiger partial charge in [0, 0.05) is 64.1 Å². The molecule has 2 N–H and O–H groups in total. The van der Waals surface area contributed by atoms with Gasteiger partial charge in [0.25, 0.3) is 0 Å². The first-order valence-electron chi connectivity index (χ1n) is 8.40. The van der Waals surface area contributed by atoms with Crippen molar-refractivity contribution >= 4 is 5.91 Å². The van der Waals surface area contributed by atoms with Crippen LogP contribution in [0.15, 0.2) is 43.2 Å². The molecule has 7 nitrogen and oxygen atoms in total. The maximum absolute atomic E-state index is 12.9. The summed E-state index contributed by atoms with van der Waals surface area (Å²) >= 11 is 0. The minimum atomic E-state index is -0.149. The fraction of sp³-hybridized carbons (Fsp3) is 0.471. The van der Waals surface area contributed by atoms with Crippen LogP contribution in [0, 0.1) is 0 Å². The van der Waals surface area contributed by atoms with Crippen LogP contribution in [0.25, 0.3) is 0 Å². The van der Waals surface area contributed by atoms with Crippen molar-refractivity contribution in [1.29, 1.82) is 0 Å². The molecule has 0 unspecified atom stereocenters. The van der Waals surface area contributed by atoms with E-state index in [-0.39, 0.29) is 11.9 Å².